The van der Waals surface area contributed by atoms with Gasteiger partial charge in [0, 0.05) is 20.1 Å². The van der Waals surface area contributed by atoms with E-state index in [4.69, 9.17) is 4.74 Å². The summed E-state index contributed by atoms with van der Waals surface area (Å²) in [6.45, 7) is 3.06. The highest BCUT2D eigenvalue weighted by Crippen LogP contribution is 2.25. The number of hydrogen-bond donors (Lipinski definition) is 0. The molecule has 0 aromatic heterocycles. The zero-order chi connectivity index (χ0) is 10.7. The van der Waals surface area contributed by atoms with Crippen molar-refractivity contribution in [2.24, 2.45) is 5.92 Å². The molecule has 1 aliphatic carbocycles. The quantitative estimate of drug-likeness (QED) is 0.708. The summed E-state index contributed by atoms with van der Waals surface area (Å²) in [5, 5.41) is 0. The second kappa shape index (κ2) is 5.08. The van der Waals surface area contributed by atoms with Gasteiger partial charge in [0.2, 0.25) is 0 Å². The van der Waals surface area contributed by atoms with Crippen LogP contribution in [0.15, 0.2) is 0 Å². The van der Waals surface area contributed by atoms with E-state index >= 15 is 0 Å². The second-order valence-electron chi connectivity index (χ2n) is 4.81. The molecule has 2 aliphatic rings. The van der Waals surface area contributed by atoms with E-state index in [1.807, 2.05) is 0 Å². The first-order valence-electron chi connectivity index (χ1n) is 6.07. The fourth-order valence-corrected chi connectivity index (χ4v) is 2.85. The number of nitrogens with zero attached hydrogens (tertiary/aromatic N) is 1. The van der Waals surface area contributed by atoms with Gasteiger partial charge in [-0.15, -0.1) is 0 Å². The molecule has 0 amide bonds. The Hall–Kier alpha value is -0.410. The van der Waals surface area contributed by atoms with Gasteiger partial charge in [0.05, 0.1) is 6.04 Å². The van der Waals surface area contributed by atoms with Crippen LogP contribution in [0.3, 0.4) is 0 Å². The van der Waals surface area contributed by atoms with Crippen LogP contribution in [-0.4, -0.2) is 43.5 Å². The normalized spacial score (nSPS) is 29.9. The third-order valence-electron chi connectivity index (χ3n) is 3.76. The molecule has 3 nitrogen and oxygen atoms in total. The van der Waals surface area contributed by atoms with Gasteiger partial charge in [-0.1, -0.05) is 0 Å². The Morgan fingerprint density at radius 3 is 2.60 bits per heavy atom. The Bertz CT molecular complexity index is 222. The largest absolute Gasteiger partial charge is 0.384 e. The molecule has 1 aliphatic heterocycles. The van der Waals surface area contributed by atoms with Gasteiger partial charge in [-0.25, -0.2) is 0 Å². The van der Waals surface area contributed by atoms with Crippen LogP contribution in [0.1, 0.15) is 32.1 Å². The monoisotopic (exact) mass is 211 g/mol. The fraction of sp³-hybridized carbons (Fsp3) is 0.917. The summed E-state index contributed by atoms with van der Waals surface area (Å²) in [5.74, 6) is 1.18. The summed E-state index contributed by atoms with van der Waals surface area (Å²) in [6, 6.07) is 0.258. The number of piperidine rings is 1. The molecule has 1 atom stereocenters. The van der Waals surface area contributed by atoms with Crippen molar-refractivity contribution in [3.8, 4) is 0 Å². The minimum Gasteiger partial charge on any atom is -0.384 e. The molecule has 3 heteroatoms. The number of carbonyl (C=O) groups is 1. The smallest absolute Gasteiger partial charge is 0.149 e. The van der Waals surface area contributed by atoms with Gasteiger partial charge in [0.1, 0.15) is 5.78 Å². The SMILES string of the molecule is COCC1CCN(C2CCCC2=O)CC1. The lowest BCUT2D eigenvalue weighted by molar-refractivity contribution is -0.122. The summed E-state index contributed by atoms with van der Waals surface area (Å²) < 4.78 is 5.18. The zero-order valence-electron chi connectivity index (χ0n) is 9.58. The number of Topliss-reactive ketones (excluding diaryl/α,β-unsaturated/α-hetero) is 1. The van der Waals surface area contributed by atoms with Crippen molar-refractivity contribution in [3.05, 3.63) is 0 Å². The molecule has 1 saturated heterocycles. The third kappa shape index (κ3) is 2.58. The van der Waals surface area contributed by atoms with E-state index in [1.54, 1.807) is 7.11 Å². The van der Waals surface area contributed by atoms with Crippen molar-refractivity contribution in [1.29, 1.82) is 0 Å². The maximum absolute atomic E-state index is 11.6. The van der Waals surface area contributed by atoms with Gasteiger partial charge in [0.25, 0.3) is 0 Å². The van der Waals surface area contributed by atoms with Crippen LogP contribution in [0.5, 0.6) is 0 Å². The lowest BCUT2D eigenvalue weighted by Gasteiger charge is -2.34. The topological polar surface area (TPSA) is 29.5 Å². The van der Waals surface area contributed by atoms with Crippen molar-refractivity contribution >= 4 is 5.78 Å². The number of rotatable bonds is 3. The first-order chi connectivity index (χ1) is 7.31. The van der Waals surface area contributed by atoms with E-state index in [0.717, 1.165) is 39.0 Å². The van der Waals surface area contributed by atoms with Crippen molar-refractivity contribution in [2.75, 3.05) is 26.8 Å². The van der Waals surface area contributed by atoms with E-state index in [-0.39, 0.29) is 6.04 Å². The van der Waals surface area contributed by atoms with Crippen LogP contribution in [-0.2, 0) is 9.53 Å². The van der Waals surface area contributed by atoms with Crippen LogP contribution in [0.25, 0.3) is 0 Å². The second-order valence-corrected chi connectivity index (χ2v) is 4.81. The molecule has 2 rings (SSSR count). The molecule has 1 heterocycles. The molecule has 1 saturated carbocycles. The molecule has 15 heavy (non-hydrogen) atoms. The number of methoxy groups -OCH3 is 1. The Morgan fingerprint density at radius 1 is 1.33 bits per heavy atom. The predicted octanol–water partition coefficient (Wildman–Crippen LogP) is 1.47. The maximum Gasteiger partial charge on any atom is 0.149 e. The van der Waals surface area contributed by atoms with Crippen molar-refractivity contribution in [3.63, 3.8) is 0 Å². The van der Waals surface area contributed by atoms with Gasteiger partial charge < -0.3 is 4.74 Å². The van der Waals surface area contributed by atoms with Crippen LogP contribution < -0.4 is 0 Å². The van der Waals surface area contributed by atoms with E-state index in [2.05, 4.69) is 4.90 Å². The Balaban J connectivity index is 1.80. The number of ether oxygens (including phenoxy) is 1. The Labute approximate surface area is 91.8 Å². The molecule has 0 aromatic carbocycles. The molecule has 0 aromatic rings. The van der Waals surface area contributed by atoms with E-state index in [9.17, 15) is 4.79 Å². The Kier molecular flexibility index (Phi) is 3.76. The lowest BCUT2D eigenvalue weighted by Crippen LogP contribution is -2.44. The molecule has 0 radical (unpaired) electrons. The van der Waals surface area contributed by atoms with Gasteiger partial charge in [-0.2, -0.15) is 0 Å². The average Bonchev–Trinajstić information content (AvgIpc) is 2.66. The lowest BCUT2D eigenvalue weighted by atomic mass is 9.96. The van der Waals surface area contributed by atoms with Gasteiger partial charge in [-0.05, 0) is 44.7 Å². The highest BCUT2D eigenvalue weighted by atomic mass is 16.5. The molecule has 0 spiro atoms. The third-order valence-corrected chi connectivity index (χ3v) is 3.76. The number of ketones is 1. The zero-order valence-corrected chi connectivity index (χ0v) is 9.58. The molecule has 2 fully saturated rings. The van der Waals surface area contributed by atoms with Gasteiger partial charge >= 0.3 is 0 Å². The first-order valence-corrected chi connectivity index (χ1v) is 6.07. The minimum absolute atomic E-state index is 0.258. The van der Waals surface area contributed by atoms with Crippen LogP contribution in [0, 0.1) is 5.92 Å². The van der Waals surface area contributed by atoms with Gasteiger partial charge in [0.15, 0.2) is 0 Å². The number of hydrogen-bond acceptors (Lipinski definition) is 3. The molecular formula is C12H21NO2. The number of likely N-dealkylation sites (tertiary alicyclic amines) is 1. The Morgan fingerprint density at radius 2 is 2.07 bits per heavy atom. The van der Waals surface area contributed by atoms with Crippen LogP contribution >= 0.6 is 0 Å². The minimum atomic E-state index is 0.258. The summed E-state index contributed by atoms with van der Waals surface area (Å²) in [4.78, 5) is 14.0. The highest BCUT2D eigenvalue weighted by Gasteiger charge is 2.32. The average molecular weight is 211 g/mol. The molecule has 1 unspecified atom stereocenters. The van der Waals surface area contributed by atoms with E-state index in [1.165, 1.54) is 12.8 Å². The number of carbonyl (C=O) groups excluding carboxylic acids is 1. The van der Waals surface area contributed by atoms with Crippen LogP contribution in [0.2, 0.25) is 0 Å². The van der Waals surface area contributed by atoms with Crippen LogP contribution in [0.4, 0.5) is 0 Å². The maximum atomic E-state index is 11.6. The molecule has 86 valence electrons. The van der Waals surface area contributed by atoms with E-state index < -0.39 is 0 Å². The summed E-state index contributed by atoms with van der Waals surface area (Å²) in [6.07, 6.45) is 5.38. The van der Waals surface area contributed by atoms with Gasteiger partial charge in [-0.3, -0.25) is 9.69 Å². The van der Waals surface area contributed by atoms with E-state index in [0.29, 0.717) is 11.7 Å². The van der Waals surface area contributed by atoms with Crippen molar-refractivity contribution in [2.45, 2.75) is 38.1 Å². The molecule has 0 N–H and O–H groups in total. The first kappa shape index (κ1) is 11.1. The molecular weight excluding hydrogens is 190 g/mol. The molecule has 0 bridgehead atoms. The summed E-state index contributed by atoms with van der Waals surface area (Å²) in [7, 11) is 1.77. The van der Waals surface area contributed by atoms with Crippen molar-refractivity contribution < 1.29 is 9.53 Å². The fourth-order valence-electron chi connectivity index (χ4n) is 2.85. The summed E-state index contributed by atoms with van der Waals surface area (Å²) in [5.41, 5.74) is 0. The highest BCUT2D eigenvalue weighted by molar-refractivity contribution is 5.85. The summed E-state index contributed by atoms with van der Waals surface area (Å²) >= 11 is 0. The standard InChI is InChI=1S/C12H21NO2/c1-15-9-10-5-7-13(8-6-10)11-3-2-4-12(11)14/h10-11H,2-9H2,1H3. The predicted molar refractivity (Wildman–Crippen MR) is 58.8 cm³/mol. The van der Waals surface area contributed by atoms with Crippen molar-refractivity contribution in [1.82, 2.24) is 4.90 Å².